The van der Waals surface area contributed by atoms with Crippen molar-refractivity contribution in [1.29, 1.82) is 0 Å². The predicted octanol–water partition coefficient (Wildman–Crippen LogP) is 11.2. The molecule has 5 nitrogen and oxygen atoms in total. The van der Waals surface area contributed by atoms with Gasteiger partial charge in [-0.1, -0.05) is 131 Å². The number of rotatable bonds is 31. The predicted molar refractivity (Wildman–Crippen MR) is 196 cm³/mol. The Morgan fingerprint density at radius 1 is 0.522 bits per heavy atom. The van der Waals surface area contributed by atoms with E-state index in [4.69, 9.17) is 9.47 Å². The minimum Gasteiger partial charge on any atom is -0.462 e. The molecule has 0 saturated heterocycles. The fraction of sp³-hybridized carbons (Fsp3) is 0.610. The Morgan fingerprint density at radius 3 is 1.48 bits per heavy atom. The number of allylic oxidation sites excluding steroid dienone is 14. The molecule has 0 aromatic rings. The zero-order valence-corrected chi connectivity index (χ0v) is 29.3. The highest BCUT2D eigenvalue weighted by atomic mass is 16.6. The number of hydrogen-bond donors (Lipinski definition) is 1. The Bertz CT molecular complexity index is 906. The Balaban J connectivity index is 3.74. The maximum atomic E-state index is 12.1. The summed E-state index contributed by atoms with van der Waals surface area (Å²) >= 11 is 0. The third-order valence-electron chi connectivity index (χ3n) is 7.17. The van der Waals surface area contributed by atoms with Crippen molar-refractivity contribution in [2.45, 2.75) is 148 Å². The minimum atomic E-state index is -0.805. The van der Waals surface area contributed by atoms with Crippen LogP contribution in [-0.2, 0) is 19.1 Å². The number of carbonyl (C=O) groups excluding carboxylic acids is 2. The zero-order valence-electron chi connectivity index (χ0n) is 29.3. The third-order valence-corrected chi connectivity index (χ3v) is 7.17. The average molecular weight is 639 g/mol. The lowest BCUT2D eigenvalue weighted by Crippen LogP contribution is -2.28. The molecule has 0 radical (unpaired) electrons. The fourth-order valence-corrected chi connectivity index (χ4v) is 4.44. The molecule has 0 amide bonds. The molecule has 0 aliphatic heterocycles. The molecule has 0 fully saturated rings. The molecule has 0 unspecified atom stereocenters. The summed E-state index contributed by atoms with van der Waals surface area (Å²) in [6.45, 7) is 3.91. The van der Waals surface area contributed by atoms with Gasteiger partial charge in [-0.3, -0.25) is 9.59 Å². The van der Waals surface area contributed by atoms with Gasteiger partial charge >= 0.3 is 11.9 Å². The van der Waals surface area contributed by atoms with Crippen LogP contribution in [0.5, 0.6) is 0 Å². The monoisotopic (exact) mass is 638 g/mol. The molecular weight excluding hydrogens is 572 g/mol. The molecule has 5 heteroatoms. The van der Waals surface area contributed by atoms with Crippen LogP contribution in [-0.4, -0.2) is 36.4 Å². The van der Waals surface area contributed by atoms with Gasteiger partial charge < -0.3 is 14.6 Å². The van der Waals surface area contributed by atoms with Crippen LogP contribution in [0.25, 0.3) is 0 Å². The molecule has 0 aromatic heterocycles. The summed E-state index contributed by atoms with van der Waals surface area (Å²) in [5.74, 6) is -0.685. The van der Waals surface area contributed by atoms with Crippen molar-refractivity contribution in [3.8, 4) is 0 Å². The van der Waals surface area contributed by atoms with E-state index < -0.39 is 6.10 Å². The maximum Gasteiger partial charge on any atom is 0.306 e. The number of aliphatic hydroxyl groups is 1. The first-order valence-corrected chi connectivity index (χ1v) is 18.1. The molecule has 0 aliphatic rings. The first kappa shape index (κ1) is 43.1. The van der Waals surface area contributed by atoms with E-state index in [2.05, 4.69) is 98.9 Å². The Hall–Kier alpha value is -2.92. The SMILES string of the molecule is CCC=CCC=CCC=CCC=CCC=CCCCC(=O)OC[C@H](CO)OC(=O)CCCCCCCC=CCC=CCCCCC. The second kappa shape index (κ2) is 36.5. The van der Waals surface area contributed by atoms with Gasteiger partial charge in [-0.25, -0.2) is 0 Å². The minimum absolute atomic E-state index is 0.106. The Morgan fingerprint density at radius 2 is 0.957 bits per heavy atom. The highest BCUT2D eigenvalue weighted by Gasteiger charge is 2.15. The lowest BCUT2D eigenvalue weighted by molar-refractivity contribution is -0.161. The van der Waals surface area contributed by atoms with Gasteiger partial charge in [-0.15, -0.1) is 0 Å². The molecule has 0 spiro atoms. The summed E-state index contributed by atoms with van der Waals surface area (Å²) < 4.78 is 10.5. The topological polar surface area (TPSA) is 72.8 Å². The molecule has 1 atom stereocenters. The first-order valence-electron chi connectivity index (χ1n) is 18.1. The molecule has 46 heavy (non-hydrogen) atoms. The van der Waals surface area contributed by atoms with Crippen molar-refractivity contribution < 1.29 is 24.2 Å². The van der Waals surface area contributed by atoms with Crippen LogP contribution in [0.1, 0.15) is 142 Å². The highest BCUT2D eigenvalue weighted by molar-refractivity contribution is 5.70. The maximum absolute atomic E-state index is 12.1. The smallest absolute Gasteiger partial charge is 0.306 e. The van der Waals surface area contributed by atoms with Gasteiger partial charge in [0.15, 0.2) is 6.10 Å². The zero-order chi connectivity index (χ0) is 33.6. The summed E-state index contributed by atoms with van der Waals surface area (Å²) in [4.78, 5) is 24.2. The van der Waals surface area contributed by atoms with Gasteiger partial charge in [0.25, 0.3) is 0 Å². The molecule has 0 bridgehead atoms. The molecule has 0 rings (SSSR count). The number of ether oxygens (including phenoxy) is 2. The number of hydrogen-bond acceptors (Lipinski definition) is 5. The number of carbonyl (C=O) groups is 2. The third kappa shape index (κ3) is 34.0. The largest absolute Gasteiger partial charge is 0.462 e. The van der Waals surface area contributed by atoms with Crippen LogP contribution in [0, 0.1) is 0 Å². The molecule has 0 aliphatic carbocycles. The summed E-state index contributed by atoms with van der Waals surface area (Å²) in [7, 11) is 0. The molecule has 1 N–H and O–H groups in total. The molecule has 0 heterocycles. The summed E-state index contributed by atoms with van der Waals surface area (Å²) in [6, 6.07) is 0. The second-order valence-corrected chi connectivity index (χ2v) is 11.6. The quantitative estimate of drug-likeness (QED) is 0.0465. The Kier molecular flexibility index (Phi) is 34.2. The van der Waals surface area contributed by atoms with E-state index in [1.54, 1.807) is 0 Å². The highest BCUT2D eigenvalue weighted by Crippen LogP contribution is 2.10. The normalized spacial score (nSPS) is 13.2. The van der Waals surface area contributed by atoms with E-state index in [0.717, 1.165) is 77.0 Å². The van der Waals surface area contributed by atoms with Crippen molar-refractivity contribution in [1.82, 2.24) is 0 Å². The van der Waals surface area contributed by atoms with Crippen molar-refractivity contribution in [2.75, 3.05) is 13.2 Å². The first-order chi connectivity index (χ1) is 22.6. The standard InChI is InChI=1S/C41H66O5/c1-3-5-7-9-11-13-15-17-19-20-22-23-25-27-29-31-33-35-40(43)45-38-39(37-42)46-41(44)36-34-32-30-28-26-24-21-18-16-14-12-10-8-6-4-2/h5,7,11-14,17-19,21-23,27,29,39,42H,3-4,6,8-10,15-16,20,24-26,28,30-38H2,1-2H3/t39-/m0/s1. The molecule has 0 saturated carbocycles. The van der Waals surface area contributed by atoms with E-state index in [-0.39, 0.29) is 25.2 Å². The number of aliphatic hydroxyl groups excluding tert-OH is 1. The number of esters is 2. The fourth-order valence-electron chi connectivity index (χ4n) is 4.44. The van der Waals surface area contributed by atoms with Crippen LogP contribution < -0.4 is 0 Å². The van der Waals surface area contributed by atoms with E-state index in [1.165, 1.54) is 32.1 Å². The van der Waals surface area contributed by atoms with Crippen LogP contribution in [0.15, 0.2) is 85.1 Å². The Labute approximate surface area is 282 Å². The van der Waals surface area contributed by atoms with E-state index >= 15 is 0 Å². The lowest BCUT2D eigenvalue weighted by Gasteiger charge is -2.15. The average Bonchev–Trinajstić information content (AvgIpc) is 3.06. The van der Waals surface area contributed by atoms with Crippen LogP contribution in [0.3, 0.4) is 0 Å². The van der Waals surface area contributed by atoms with Crippen LogP contribution in [0.2, 0.25) is 0 Å². The van der Waals surface area contributed by atoms with Gasteiger partial charge in [0, 0.05) is 12.8 Å². The molecule has 260 valence electrons. The molecular formula is C41H66O5. The van der Waals surface area contributed by atoms with Gasteiger partial charge in [0.1, 0.15) is 6.61 Å². The van der Waals surface area contributed by atoms with E-state index in [1.807, 2.05) is 0 Å². The van der Waals surface area contributed by atoms with Gasteiger partial charge in [0.05, 0.1) is 6.61 Å². The van der Waals surface area contributed by atoms with Crippen LogP contribution >= 0.6 is 0 Å². The molecule has 0 aromatic carbocycles. The van der Waals surface area contributed by atoms with Gasteiger partial charge in [-0.05, 0) is 83.5 Å². The number of unbranched alkanes of at least 4 members (excludes halogenated alkanes) is 9. The summed E-state index contributed by atoms with van der Waals surface area (Å²) in [5.41, 5.74) is 0. The van der Waals surface area contributed by atoms with E-state index in [0.29, 0.717) is 19.3 Å². The van der Waals surface area contributed by atoms with Gasteiger partial charge in [-0.2, -0.15) is 0 Å². The van der Waals surface area contributed by atoms with Crippen molar-refractivity contribution in [3.63, 3.8) is 0 Å². The lowest BCUT2D eigenvalue weighted by atomic mass is 10.1. The summed E-state index contributed by atoms with van der Waals surface area (Å²) in [6.07, 6.45) is 49.2. The second-order valence-electron chi connectivity index (χ2n) is 11.6. The summed E-state index contributed by atoms with van der Waals surface area (Å²) in [5, 5.41) is 9.52. The van der Waals surface area contributed by atoms with Crippen molar-refractivity contribution in [3.05, 3.63) is 85.1 Å². The van der Waals surface area contributed by atoms with Gasteiger partial charge in [0.2, 0.25) is 0 Å². The van der Waals surface area contributed by atoms with E-state index in [9.17, 15) is 14.7 Å². The van der Waals surface area contributed by atoms with Crippen molar-refractivity contribution in [2.24, 2.45) is 0 Å². The van der Waals surface area contributed by atoms with Crippen molar-refractivity contribution >= 4 is 11.9 Å². The van der Waals surface area contributed by atoms with Crippen LogP contribution in [0.4, 0.5) is 0 Å².